The number of nitrogens with zero attached hydrogens (tertiary/aromatic N) is 1. The molecule has 0 aromatic carbocycles. The van der Waals surface area contributed by atoms with Crippen LogP contribution in [0.1, 0.15) is 20.3 Å². The Morgan fingerprint density at radius 3 is 1.78 bits per heavy atom. The quantitative estimate of drug-likeness (QED) is 0.275. The standard InChI is InChI=1S/C5H17N4/c1-5(2)3-4-9(6,7)8/h5H,3-4,6-8H2,1-2H3/q+1. The van der Waals surface area contributed by atoms with Crippen molar-refractivity contribution in [3.8, 4) is 0 Å². The molecule has 4 heteroatoms. The Labute approximate surface area is 56.1 Å². The first-order valence-electron chi connectivity index (χ1n) is 3.15. The molecule has 4 nitrogen and oxygen atoms in total. The highest BCUT2D eigenvalue weighted by Crippen LogP contribution is 1.98. The van der Waals surface area contributed by atoms with Gasteiger partial charge in [-0.1, -0.05) is 13.8 Å². The van der Waals surface area contributed by atoms with Crippen molar-refractivity contribution >= 4 is 0 Å². The average molecular weight is 133 g/mol. The lowest BCUT2D eigenvalue weighted by atomic mass is 10.1. The van der Waals surface area contributed by atoms with Gasteiger partial charge in [0.25, 0.3) is 0 Å². The van der Waals surface area contributed by atoms with Crippen LogP contribution in [0.5, 0.6) is 0 Å². The monoisotopic (exact) mass is 133 g/mol. The SMILES string of the molecule is CC(C)CC[N+](N)(N)N. The van der Waals surface area contributed by atoms with E-state index in [0.717, 1.165) is 6.42 Å². The summed E-state index contributed by atoms with van der Waals surface area (Å²) < 4.78 is 0. The van der Waals surface area contributed by atoms with Crippen LogP contribution in [0.25, 0.3) is 0 Å². The van der Waals surface area contributed by atoms with Gasteiger partial charge in [-0.3, -0.25) is 0 Å². The highest BCUT2D eigenvalue weighted by molar-refractivity contribution is 4.40. The summed E-state index contributed by atoms with van der Waals surface area (Å²) in [5.74, 6) is 16.4. The molecule has 0 saturated heterocycles. The minimum Gasteiger partial charge on any atom is -0.142 e. The molecule has 0 fully saturated rings. The highest BCUT2D eigenvalue weighted by atomic mass is 15.9. The summed E-state index contributed by atoms with van der Waals surface area (Å²) in [4.78, 5) is -0.405. The second-order valence-corrected chi connectivity index (χ2v) is 2.90. The van der Waals surface area contributed by atoms with E-state index in [-0.39, 0.29) is 0 Å². The van der Waals surface area contributed by atoms with Gasteiger partial charge in [-0.05, 0) is 5.92 Å². The Morgan fingerprint density at radius 1 is 1.22 bits per heavy atom. The minimum absolute atomic E-state index is 0.405. The Bertz CT molecular complexity index is 73.5. The highest BCUT2D eigenvalue weighted by Gasteiger charge is 2.10. The molecule has 0 aliphatic heterocycles. The molecular formula is C5H17N4+. The van der Waals surface area contributed by atoms with E-state index in [1.807, 2.05) is 0 Å². The van der Waals surface area contributed by atoms with Crippen molar-refractivity contribution in [3.63, 3.8) is 0 Å². The van der Waals surface area contributed by atoms with Gasteiger partial charge in [0.15, 0.2) is 0 Å². The van der Waals surface area contributed by atoms with E-state index in [0.29, 0.717) is 12.5 Å². The zero-order valence-electron chi connectivity index (χ0n) is 6.17. The predicted octanol–water partition coefficient (Wildman–Crippen LogP) is -0.530. The molecule has 0 atom stereocenters. The van der Waals surface area contributed by atoms with Crippen LogP contribution in [0.2, 0.25) is 0 Å². The molecular weight excluding hydrogens is 116 g/mol. The molecule has 56 valence electrons. The van der Waals surface area contributed by atoms with E-state index in [1.165, 1.54) is 0 Å². The zero-order valence-corrected chi connectivity index (χ0v) is 6.17. The van der Waals surface area contributed by atoms with Crippen LogP contribution >= 0.6 is 0 Å². The number of hydrogen-bond donors (Lipinski definition) is 3. The van der Waals surface area contributed by atoms with Crippen LogP contribution in [0.15, 0.2) is 0 Å². The average Bonchev–Trinajstić information content (AvgIpc) is 1.59. The summed E-state index contributed by atoms with van der Waals surface area (Å²) in [5, 5.41) is 0. The zero-order chi connectivity index (χ0) is 7.49. The van der Waals surface area contributed by atoms with Gasteiger partial charge < -0.3 is 0 Å². The van der Waals surface area contributed by atoms with Crippen LogP contribution in [0.4, 0.5) is 0 Å². The van der Waals surface area contributed by atoms with Gasteiger partial charge in [0.05, 0.1) is 0 Å². The third-order valence-corrected chi connectivity index (χ3v) is 1.09. The summed E-state index contributed by atoms with van der Waals surface area (Å²) in [6.45, 7) is 4.84. The molecule has 0 bridgehead atoms. The first kappa shape index (κ1) is 8.84. The lowest BCUT2D eigenvalue weighted by Gasteiger charge is -2.19. The fourth-order valence-corrected chi connectivity index (χ4v) is 0.482. The fourth-order valence-electron chi connectivity index (χ4n) is 0.482. The molecule has 0 aliphatic carbocycles. The first-order chi connectivity index (χ1) is 3.92. The van der Waals surface area contributed by atoms with Crippen molar-refractivity contribution in [1.82, 2.24) is 0 Å². The topological polar surface area (TPSA) is 78.1 Å². The number of quaternary nitrogens is 1. The number of rotatable bonds is 3. The van der Waals surface area contributed by atoms with E-state index < -0.39 is 4.81 Å². The Morgan fingerprint density at radius 2 is 1.67 bits per heavy atom. The molecule has 0 aromatic rings. The third-order valence-electron chi connectivity index (χ3n) is 1.09. The van der Waals surface area contributed by atoms with Gasteiger partial charge in [-0.2, -0.15) is 0 Å². The van der Waals surface area contributed by atoms with Gasteiger partial charge >= 0.3 is 0 Å². The van der Waals surface area contributed by atoms with Crippen LogP contribution in [0.3, 0.4) is 0 Å². The molecule has 0 aliphatic rings. The second kappa shape index (κ2) is 3.12. The largest absolute Gasteiger partial charge is 0.142 e. The maximum Gasteiger partial charge on any atom is 0.134 e. The summed E-state index contributed by atoms with van der Waals surface area (Å²) in [6.07, 6.45) is 0.962. The van der Waals surface area contributed by atoms with Crippen LogP contribution in [-0.2, 0) is 0 Å². The van der Waals surface area contributed by atoms with Gasteiger partial charge in [0.1, 0.15) is 6.54 Å². The third kappa shape index (κ3) is 7.84. The Balaban J connectivity index is 3.28. The molecule has 0 amide bonds. The fraction of sp³-hybridized carbons (Fsp3) is 1.00. The molecule has 9 heavy (non-hydrogen) atoms. The van der Waals surface area contributed by atoms with Crippen molar-refractivity contribution in [2.75, 3.05) is 6.54 Å². The molecule has 0 radical (unpaired) electrons. The second-order valence-electron chi connectivity index (χ2n) is 2.90. The molecule has 0 unspecified atom stereocenters. The number of nitrogens with two attached hydrogens (primary N) is 3. The molecule has 0 rings (SSSR count). The maximum absolute atomic E-state index is 5.28. The van der Waals surface area contributed by atoms with E-state index in [1.54, 1.807) is 0 Å². The molecule has 0 saturated carbocycles. The van der Waals surface area contributed by atoms with E-state index in [2.05, 4.69) is 13.8 Å². The minimum atomic E-state index is -0.405. The van der Waals surface area contributed by atoms with Gasteiger partial charge in [-0.15, -0.1) is 22.3 Å². The van der Waals surface area contributed by atoms with Crippen molar-refractivity contribution in [2.24, 2.45) is 23.4 Å². The summed E-state index contributed by atoms with van der Waals surface area (Å²) in [5.41, 5.74) is 0. The number of hydrogen-bond acceptors (Lipinski definition) is 3. The van der Waals surface area contributed by atoms with Gasteiger partial charge in [0, 0.05) is 6.42 Å². The maximum atomic E-state index is 5.28. The van der Waals surface area contributed by atoms with Gasteiger partial charge in [0.2, 0.25) is 0 Å². The van der Waals surface area contributed by atoms with Crippen molar-refractivity contribution < 1.29 is 4.81 Å². The van der Waals surface area contributed by atoms with Crippen LogP contribution in [0, 0.1) is 5.92 Å². The summed E-state index contributed by atoms with van der Waals surface area (Å²) in [6, 6.07) is 0. The predicted molar refractivity (Wildman–Crippen MR) is 37.1 cm³/mol. The molecule has 0 heterocycles. The smallest absolute Gasteiger partial charge is 0.134 e. The normalized spacial score (nSPS) is 12.7. The van der Waals surface area contributed by atoms with Crippen molar-refractivity contribution in [3.05, 3.63) is 0 Å². The lowest BCUT2D eigenvalue weighted by molar-refractivity contribution is -0.963. The van der Waals surface area contributed by atoms with Crippen LogP contribution < -0.4 is 17.5 Å². The molecule has 6 N–H and O–H groups in total. The van der Waals surface area contributed by atoms with Crippen molar-refractivity contribution in [2.45, 2.75) is 20.3 Å². The first-order valence-corrected chi connectivity index (χ1v) is 3.15. The van der Waals surface area contributed by atoms with Crippen molar-refractivity contribution in [1.29, 1.82) is 0 Å². The van der Waals surface area contributed by atoms with E-state index >= 15 is 0 Å². The van der Waals surface area contributed by atoms with E-state index in [4.69, 9.17) is 17.5 Å². The van der Waals surface area contributed by atoms with Crippen LogP contribution in [-0.4, -0.2) is 11.4 Å². The van der Waals surface area contributed by atoms with E-state index in [9.17, 15) is 0 Å². The summed E-state index contributed by atoms with van der Waals surface area (Å²) >= 11 is 0. The van der Waals surface area contributed by atoms with Gasteiger partial charge in [-0.25, -0.2) is 0 Å². The summed E-state index contributed by atoms with van der Waals surface area (Å²) in [7, 11) is 0. The Kier molecular flexibility index (Phi) is 3.07. The molecule has 0 spiro atoms. The lowest BCUT2D eigenvalue weighted by Crippen LogP contribution is -2.66. The Hall–Kier alpha value is -0.160. The molecule has 0 aromatic heterocycles.